The van der Waals surface area contributed by atoms with Crippen molar-refractivity contribution >= 4 is 22.6 Å². The molecule has 0 saturated heterocycles. The topological polar surface area (TPSA) is 90.1 Å². The molecular formula is C18H18N4O3. The second-order valence-corrected chi connectivity index (χ2v) is 5.71. The summed E-state index contributed by atoms with van der Waals surface area (Å²) in [5.41, 5.74) is 2.32. The molecule has 0 radical (unpaired) electrons. The number of para-hydroxylation sites is 3. The van der Waals surface area contributed by atoms with Crippen LogP contribution in [0.15, 0.2) is 48.5 Å². The van der Waals surface area contributed by atoms with Crippen LogP contribution in [-0.4, -0.2) is 26.9 Å². The number of amides is 1. The Morgan fingerprint density at radius 1 is 1.20 bits per heavy atom. The summed E-state index contributed by atoms with van der Waals surface area (Å²) in [7, 11) is 0. The van der Waals surface area contributed by atoms with E-state index in [1.807, 2.05) is 35.8 Å². The molecule has 25 heavy (non-hydrogen) atoms. The number of nitro benzene ring substituents is 1. The highest BCUT2D eigenvalue weighted by Gasteiger charge is 2.15. The molecule has 3 aromatic rings. The molecule has 0 aliphatic carbocycles. The Morgan fingerprint density at radius 2 is 1.92 bits per heavy atom. The van der Waals surface area contributed by atoms with Crippen molar-refractivity contribution in [2.45, 2.75) is 19.9 Å². The molecule has 0 atom stereocenters. The van der Waals surface area contributed by atoms with Crippen LogP contribution in [0.1, 0.15) is 11.4 Å². The standard InChI is InChI=1S/C18H18N4O3/c1-13-20-15-7-3-5-9-17(15)21(13)11-10-19-18(23)12-14-6-2-4-8-16(14)22(24)25/h2-9H,10-12H2,1H3,(H,19,23). The Labute approximate surface area is 144 Å². The van der Waals surface area contributed by atoms with Gasteiger partial charge in [0.15, 0.2) is 0 Å². The molecule has 3 rings (SSSR count). The highest BCUT2D eigenvalue weighted by molar-refractivity contribution is 5.80. The molecule has 0 fully saturated rings. The minimum atomic E-state index is -0.469. The first-order chi connectivity index (χ1) is 12.1. The van der Waals surface area contributed by atoms with E-state index in [9.17, 15) is 14.9 Å². The van der Waals surface area contributed by atoms with Crippen molar-refractivity contribution in [1.29, 1.82) is 0 Å². The van der Waals surface area contributed by atoms with Crippen LogP contribution < -0.4 is 5.32 Å². The lowest BCUT2D eigenvalue weighted by molar-refractivity contribution is -0.385. The van der Waals surface area contributed by atoms with Crippen LogP contribution in [0.2, 0.25) is 0 Å². The molecule has 0 aliphatic rings. The van der Waals surface area contributed by atoms with Gasteiger partial charge in [-0.15, -0.1) is 0 Å². The number of rotatable bonds is 6. The van der Waals surface area contributed by atoms with Crippen LogP contribution in [0.4, 0.5) is 5.69 Å². The number of fused-ring (bicyclic) bond motifs is 1. The average molecular weight is 338 g/mol. The molecule has 1 N–H and O–H groups in total. The van der Waals surface area contributed by atoms with Crippen molar-refractivity contribution in [3.8, 4) is 0 Å². The van der Waals surface area contributed by atoms with Crippen molar-refractivity contribution in [1.82, 2.24) is 14.9 Å². The fraction of sp³-hybridized carbons (Fsp3) is 0.222. The minimum absolute atomic E-state index is 0.0131. The molecule has 7 nitrogen and oxygen atoms in total. The molecule has 1 amide bonds. The van der Waals surface area contributed by atoms with Gasteiger partial charge in [-0.05, 0) is 19.1 Å². The third-order valence-electron chi connectivity index (χ3n) is 4.04. The number of nitrogens with zero attached hydrogens (tertiary/aromatic N) is 3. The van der Waals surface area contributed by atoms with E-state index in [1.165, 1.54) is 6.07 Å². The summed E-state index contributed by atoms with van der Waals surface area (Å²) in [5.74, 6) is 0.644. The van der Waals surface area contributed by atoms with Gasteiger partial charge in [0.1, 0.15) is 5.82 Å². The average Bonchev–Trinajstić information content (AvgIpc) is 2.91. The van der Waals surface area contributed by atoms with Gasteiger partial charge in [0, 0.05) is 24.7 Å². The number of imidazole rings is 1. The molecular weight excluding hydrogens is 320 g/mol. The van der Waals surface area contributed by atoms with E-state index in [-0.39, 0.29) is 18.0 Å². The van der Waals surface area contributed by atoms with E-state index in [1.54, 1.807) is 18.2 Å². The second kappa shape index (κ2) is 7.12. The summed E-state index contributed by atoms with van der Waals surface area (Å²) in [5, 5.41) is 13.8. The van der Waals surface area contributed by atoms with Gasteiger partial charge in [-0.25, -0.2) is 4.98 Å². The van der Waals surface area contributed by atoms with Gasteiger partial charge in [0.25, 0.3) is 5.69 Å². The van der Waals surface area contributed by atoms with Crippen molar-refractivity contribution in [3.63, 3.8) is 0 Å². The zero-order chi connectivity index (χ0) is 17.8. The number of nitro groups is 1. The summed E-state index contributed by atoms with van der Waals surface area (Å²) < 4.78 is 2.04. The molecule has 2 aromatic carbocycles. The Bertz CT molecular complexity index is 933. The summed E-state index contributed by atoms with van der Waals surface area (Å²) in [4.78, 5) is 27.1. The Kier molecular flexibility index (Phi) is 4.74. The third-order valence-corrected chi connectivity index (χ3v) is 4.04. The van der Waals surface area contributed by atoms with Gasteiger partial charge in [-0.1, -0.05) is 30.3 Å². The second-order valence-electron chi connectivity index (χ2n) is 5.71. The number of aryl methyl sites for hydroxylation is 1. The van der Waals surface area contributed by atoms with Crippen molar-refractivity contribution < 1.29 is 9.72 Å². The summed E-state index contributed by atoms with van der Waals surface area (Å²) in [6, 6.07) is 14.1. The first-order valence-corrected chi connectivity index (χ1v) is 7.97. The van der Waals surface area contributed by atoms with Crippen LogP contribution in [0.5, 0.6) is 0 Å². The SMILES string of the molecule is Cc1nc2ccccc2n1CCNC(=O)Cc1ccccc1[N+](=O)[O-]. The lowest BCUT2D eigenvalue weighted by atomic mass is 10.1. The van der Waals surface area contributed by atoms with E-state index in [0.29, 0.717) is 18.7 Å². The van der Waals surface area contributed by atoms with Gasteiger partial charge in [-0.3, -0.25) is 14.9 Å². The predicted molar refractivity (Wildman–Crippen MR) is 94.3 cm³/mol. The van der Waals surface area contributed by atoms with Crippen LogP contribution in [0.3, 0.4) is 0 Å². The molecule has 0 spiro atoms. The fourth-order valence-corrected chi connectivity index (χ4v) is 2.86. The van der Waals surface area contributed by atoms with E-state index >= 15 is 0 Å². The lowest BCUT2D eigenvalue weighted by Gasteiger charge is -2.09. The van der Waals surface area contributed by atoms with Gasteiger partial charge < -0.3 is 9.88 Å². The highest BCUT2D eigenvalue weighted by atomic mass is 16.6. The largest absolute Gasteiger partial charge is 0.354 e. The molecule has 0 aliphatic heterocycles. The van der Waals surface area contributed by atoms with Gasteiger partial charge in [0.2, 0.25) is 5.91 Å². The third kappa shape index (κ3) is 3.65. The molecule has 7 heteroatoms. The summed E-state index contributed by atoms with van der Waals surface area (Å²) in [6.07, 6.45) is -0.0131. The maximum atomic E-state index is 12.1. The zero-order valence-corrected chi connectivity index (χ0v) is 13.8. The Hall–Kier alpha value is -3.22. The molecule has 0 bridgehead atoms. The van der Waals surface area contributed by atoms with Crippen LogP contribution in [0, 0.1) is 17.0 Å². The first kappa shape index (κ1) is 16.6. The molecule has 128 valence electrons. The number of carbonyl (C=O) groups is 1. The van der Waals surface area contributed by atoms with Crippen LogP contribution in [0.25, 0.3) is 11.0 Å². The number of aromatic nitrogens is 2. The van der Waals surface area contributed by atoms with Gasteiger partial charge >= 0.3 is 0 Å². The van der Waals surface area contributed by atoms with Crippen molar-refractivity contribution in [2.75, 3.05) is 6.54 Å². The molecule has 1 heterocycles. The van der Waals surface area contributed by atoms with Crippen LogP contribution >= 0.6 is 0 Å². The van der Waals surface area contributed by atoms with Crippen molar-refractivity contribution in [2.24, 2.45) is 0 Å². The summed E-state index contributed by atoms with van der Waals surface area (Å²) >= 11 is 0. The number of hydrogen-bond donors (Lipinski definition) is 1. The molecule has 0 unspecified atom stereocenters. The monoisotopic (exact) mass is 338 g/mol. The number of carbonyl (C=O) groups excluding carboxylic acids is 1. The van der Waals surface area contributed by atoms with E-state index < -0.39 is 4.92 Å². The smallest absolute Gasteiger partial charge is 0.273 e. The van der Waals surface area contributed by atoms with E-state index in [0.717, 1.165) is 16.9 Å². The molecule has 0 saturated carbocycles. The Balaban J connectivity index is 1.62. The normalized spacial score (nSPS) is 10.8. The maximum Gasteiger partial charge on any atom is 0.273 e. The van der Waals surface area contributed by atoms with Gasteiger partial charge in [-0.2, -0.15) is 0 Å². The van der Waals surface area contributed by atoms with Gasteiger partial charge in [0.05, 0.1) is 22.4 Å². The maximum absolute atomic E-state index is 12.1. The zero-order valence-electron chi connectivity index (χ0n) is 13.8. The quantitative estimate of drug-likeness (QED) is 0.552. The molecule has 1 aromatic heterocycles. The Morgan fingerprint density at radius 3 is 2.72 bits per heavy atom. The lowest BCUT2D eigenvalue weighted by Crippen LogP contribution is -2.29. The van der Waals surface area contributed by atoms with E-state index in [2.05, 4.69) is 10.3 Å². The number of hydrogen-bond acceptors (Lipinski definition) is 4. The highest BCUT2D eigenvalue weighted by Crippen LogP contribution is 2.18. The van der Waals surface area contributed by atoms with Crippen LogP contribution in [-0.2, 0) is 17.8 Å². The van der Waals surface area contributed by atoms with E-state index in [4.69, 9.17) is 0 Å². The van der Waals surface area contributed by atoms with Crippen molar-refractivity contribution in [3.05, 3.63) is 70.0 Å². The fourth-order valence-electron chi connectivity index (χ4n) is 2.86. The number of nitrogens with one attached hydrogen (secondary N) is 1. The minimum Gasteiger partial charge on any atom is -0.354 e. The first-order valence-electron chi connectivity index (χ1n) is 7.97. The predicted octanol–water partition coefficient (Wildman–Crippen LogP) is 2.61. The summed E-state index contributed by atoms with van der Waals surface area (Å²) in [6.45, 7) is 2.95. The number of benzene rings is 2.